The molecule has 1 N–H and O–H groups in total. The second kappa shape index (κ2) is 7.43. The van der Waals surface area contributed by atoms with Crippen LogP contribution < -0.4 is 0 Å². The molecular formula is C22H21F3N2O. The Morgan fingerprint density at radius 2 is 1.64 bits per heavy atom. The van der Waals surface area contributed by atoms with Gasteiger partial charge in [-0.15, -0.1) is 0 Å². The third-order valence-corrected chi connectivity index (χ3v) is 5.38. The number of halogens is 3. The van der Waals surface area contributed by atoms with Gasteiger partial charge in [0.15, 0.2) is 0 Å². The van der Waals surface area contributed by atoms with Crippen molar-refractivity contribution in [1.82, 2.24) is 9.88 Å². The van der Waals surface area contributed by atoms with Crippen molar-refractivity contribution in [3.8, 4) is 5.75 Å². The summed E-state index contributed by atoms with van der Waals surface area (Å²) in [5, 5.41) is 11.8. The molecule has 1 aliphatic heterocycles. The Morgan fingerprint density at radius 1 is 0.929 bits per heavy atom. The van der Waals surface area contributed by atoms with Gasteiger partial charge < -0.3 is 5.11 Å². The lowest BCUT2D eigenvalue weighted by atomic mass is 9.92. The first kappa shape index (κ1) is 18.7. The van der Waals surface area contributed by atoms with E-state index in [1.807, 2.05) is 18.2 Å². The van der Waals surface area contributed by atoms with Gasteiger partial charge >= 0.3 is 6.18 Å². The van der Waals surface area contributed by atoms with E-state index >= 15 is 0 Å². The SMILES string of the molecule is Oc1c([C@H](c2ccc(C(F)(F)F)cc2)N2CCCCC2)ccc2cccnc12. The summed E-state index contributed by atoms with van der Waals surface area (Å²) in [7, 11) is 0. The minimum Gasteiger partial charge on any atom is -0.505 e. The number of nitrogens with zero attached hydrogens (tertiary/aromatic N) is 2. The van der Waals surface area contributed by atoms with Crippen LogP contribution in [0.1, 0.15) is 42.0 Å². The molecule has 1 fully saturated rings. The van der Waals surface area contributed by atoms with Crippen LogP contribution in [0.15, 0.2) is 54.7 Å². The van der Waals surface area contributed by atoms with Crippen molar-refractivity contribution in [2.24, 2.45) is 0 Å². The molecule has 3 nitrogen and oxygen atoms in total. The Balaban J connectivity index is 1.81. The smallest absolute Gasteiger partial charge is 0.416 e. The summed E-state index contributed by atoms with van der Waals surface area (Å²) in [4.78, 5) is 6.52. The Labute approximate surface area is 161 Å². The molecule has 1 aliphatic rings. The molecule has 2 heterocycles. The number of fused-ring (bicyclic) bond motifs is 1. The van der Waals surface area contributed by atoms with Gasteiger partial charge in [-0.2, -0.15) is 13.2 Å². The van der Waals surface area contributed by atoms with Gasteiger partial charge in [0.05, 0.1) is 11.6 Å². The average molecular weight is 386 g/mol. The monoisotopic (exact) mass is 386 g/mol. The Kier molecular flexibility index (Phi) is 4.98. The predicted molar refractivity (Wildman–Crippen MR) is 102 cm³/mol. The van der Waals surface area contributed by atoms with E-state index in [1.165, 1.54) is 12.1 Å². The van der Waals surface area contributed by atoms with Gasteiger partial charge in [0.2, 0.25) is 0 Å². The number of pyridine rings is 1. The lowest BCUT2D eigenvalue weighted by molar-refractivity contribution is -0.137. The second-order valence-electron chi connectivity index (χ2n) is 7.20. The molecule has 0 amide bonds. The predicted octanol–water partition coefficient (Wildman–Crippen LogP) is 5.53. The fourth-order valence-corrected chi connectivity index (χ4v) is 3.98. The van der Waals surface area contributed by atoms with Gasteiger partial charge in [-0.05, 0) is 49.7 Å². The third kappa shape index (κ3) is 3.56. The van der Waals surface area contributed by atoms with Crippen LogP contribution in [-0.4, -0.2) is 28.1 Å². The van der Waals surface area contributed by atoms with Crippen LogP contribution in [0, 0.1) is 0 Å². The molecule has 0 spiro atoms. The van der Waals surface area contributed by atoms with E-state index in [9.17, 15) is 18.3 Å². The third-order valence-electron chi connectivity index (χ3n) is 5.38. The second-order valence-corrected chi connectivity index (χ2v) is 7.20. The highest BCUT2D eigenvalue weighted by Gasteiger charge is 2.32. The fourth-order valence-electron chi connectivity index (χ4n) is 3.98. The standard InChI is InChI=1S/C22H21F3N2O/c23-22(24,25)17-9-6-16(7-10-17)20(27-13-2-1-3-14-27)18-11-8-15-5-4-12-26-19(15)21(18)28/h4-12,20,28H,1-3,13-14H2/t20-/m0/s1. The lowest BCUT2D eigenvalue weighted by Crippen LogP contribution is -2.34. The summed E-state index contributed by atoms with van der Waals surface area (Å²) in [6, 6.07) is 12.4. The zero-order valence-corrected chi connectivity index (χ0v) is 15.3. The van der Waals surface area contributed by atoms with Crippen molar-refractivity contribution in [2.75, 3.05) is 13.1 Å². The van der Waals surface area contributed by atoms with Gasteiger partial charge in [-0.25, -0.2) is 0 Å². The number of hydrogen-bond donors (Lipinski definition) is 1. The first-order valence-corrected chi connectivity index (χ1v) is 9.43. The van der Waals surface area contributed by atoms with Crippen molar-refractivity contribution in [3.05, 3.63) is 71.4 Å². The van der Waals surface area contributed by atoms with Crippen LogP contribution in [0.2, 0.25) is 0 Å². The minimum atomic E-state index is -4.37. The number of hydrogen-bond acceptors (Lipinski definition) is 3. The highest BCUT2D eigenvalue weighted by molar-refractivity contribution is 5.85. The van der Waals surface area contributed by atoms with Crippen molar-refractivity contribution in [3.63, 3.8) is 0 Å². The maximum absolute atomic E-state index is 13.0. The van der Waals surface area contributed by atoms with E-state index in [-0.39, 0.29) is 11.8 Å². The summed E-state index contributed by atoms with van der Waals surface area (Å²) < 4.78 is 38.9. The summed E-state index contributed by atoms with van der Waals surface area (Å²) in [5.41, 5.74) is 1.25. The molecule has 1 atom stereocenters. The molecule has 0 unspecified atom stereocenters. The number of alkyl halides is 3. The van der Waals surface area contributed by atoms with Gasteiger partial charge in [0.25, 0.3) is 0 Å². The highest BCUT2D eigenvalue weighted by Crippen LogP contribution is 2.39. The number of likely N-dealkylation sites (tertiary alicyclic amines) is 1. The molecule has 28 heavy (non-hydrogen) atoms. The normalized spacial score (nSPS) is 17.0. The molecule has 0 radical (unpaired) electrons. The molecule has 2 aromatic carbocycles. The number of aromatic hydroxyl groups is 1. The van der Waals surface area contributed by atoms with Crippen LogP contribution in [0.4, 0.5) is 13.2 Å². The van der Waals surface area contributed by atoms with E-state index in [0.717, 1.165) is 55.4 Å². The Hall–Kier alpha value is -2.60. The Bertz CT molecular complexity index is 964. The Morgan fingerprint density at radius 3 is 2.32 bits per heavy atom. The summed E-state index contributed by atoms with van der Waals surface area (Å²) in [5.74, 6) is 0.0913. The molecule has 4 rings (SSSR count). The van der Waals surface area contributed by atoms with Crippen LogP contribution in [-0.2, 0) is 6.18 Å². The molecule has 0 bridgehead atoms. The maximum Gasteiger partial charge on any atom is 0.416 e. The maximum atomic E-state index is 13.0. The molecule has 1 saturated heterocycles. The zero-order chi connectivity index (χ0) is 19.7. The molecule has 0 saturated carbocycles. The van der Waals surface area contributed by atoms with Crippen molar-refractivity contribution < 1.29 is 18.3 Å². The quantitative estimate of drug-likeness (QED) is 0.643. The number of aromatic nitrogens is 1. The van der Waals surface area contributed by atoms with Crippen LogP contribution >= 0.6 is 0 Å². The van der Waals surface area contributed by atoms with E-state index in [2.05, 4.69) is 9.88 Å². The van der Waals surface area contributed by atoms with E-state index in [1.54, 1.807) is 12.3 Å². The minimum absolute atomic E-state index is 0.0913. The van der Waals surface area contributed by atoms with Gasteiger partial charge in [0.1, 0.15) is 11.3 Å². The molecule has 6 heteroatoms. The largest absolute Gasteiger partial charge is 0.505 e. The van der Waals surface area contributed by atoms with E-state index in [0.29, 0.717) is 11.1 Å². The summed E-state index contributed by atoms with van der Waals surface area (Å²) in [6.07, 6.45) is 0.461. The van der Waals surface area contributed by atoms with E-state index < -0.39 is 11.7 Å². The van der Waals surface area contributed by atoms with Crippen LogP contribution in [0.5, 0.6) is 5.75 Å². The van der Waals surface area contributed by atoms with Gasteiger partial charge in [0, 0.05) is 17.1 Å². The number of phenolic OH excluding ortho intramolecular Hbond substituents is 1. The topological polar surface area (TPSA) is 36.4 Å². The summed E-state index contributed by atoms with van der Waals surface area (Å²) in [6.45, 7) is 1.68. The number of piperidine rings is 1. The number of rotatable bonds is 3. The zero-order valence-electron chi connectivity index (χ0n) is 15.3. The van der Waals surface area contributed by atoms with Gasteiger partial charge in [-0.1, -0.05) is 36.8 Å². The molecular weight excluding hydrogens is 365 g/mol. The number of phenols is 1. The first-order chi connectivity index (χ1) is 13.4. The average Bonchev–Trinajstić information content (AvgIpc) is 2.71. The number of benzene rings is 2. The van der Waals surface area contributed by atoms with Crippen molar-refractivity contribution >= 4 is 10.9 Å². The highest BCUT2D eigenvalue weighted by atomic mass is 19.4. The molecule has 146 valence electrons. The van der Waals surface area contributed by atoms with Crippen LogP contribution in [0.3, 0.4) is 0 Å². The summed E-state index contributed by atoms with van der Waals surface area (Å²) >= 11 is 0. The molecule has 1 aromatic heterocycles. The lowest BCUT2D eigenvalue weighted by Gasteiger charge is -2.35. The van der Waals surface area contributed by atoms with Crippen molar-refractivity contribution in [2.45, 2.75) is 31.5 Å². The first-order valence-electron chi connectivity index (χ1n) is 9.43. The fraction of sp³-hybridized carbons (Fsp3) is 0.318. The molecule has 0 aliphatic carbocycles. The van der Waals surface area contributed by atoms with E-state index in [4.69, 9.17) is 0 Å². The molecule has 3 aromatic rings. The van der Waals surface area contributed by atoms with Crippen molar-refractivity contribution in [1.29, 1.82) is 0 Å². The van der Waals surface area contributed by atoms with Gasteiger partial charge in [-0.3, -0.25) is 9.88 Å². The van der Waals surface area contributed by atoms with Crippen LogP contribution in [0.25, 0.3) is 10.9 Å².